The van der Waals surface area contributed by atoms with Crippen LogP contribution in [0.5, 0.6) is 0 Å². The molecule has 0 rings (SSSR count). The van der Waals surface area contributed by atoms with Gasteiger partial charge in [-0.1, -0.05) is 62.3 Å². The van der Waals surface area contributed by atoms with Gasteiger partial charge in [0.2, 0.25) is 0 Å². The molecular weight excluding hydrogens is 842 g/mol. The zero-order valence-corrected chi connectivity index (χ0v) is 44.2. The van der Waals surface area contributed by atoms with Gasteiger partial charge >= 0.3 is 33.1 Å². The number of carboxylic acid groups (broad SMARTS) is 1. The van der Waals surface area contributed by atoms with Crippen LogP contribution < -0.4 is 0 Å². The minimum atomic E-state index is -3.91. The minimum Gasteiger partial charge on any atom is -0.481 e. The van der Waals surface area contributed by atoms with Crippen molar-refractivity contribution in [1.29, 1.82) is 0 Å². The lowest BCUT2D eigenvalue weighted by Gasteiger charge is -2.48. The van der Waals surface area contributed by atoms with Gasteiger partial charge in [0.15, 0.2) is 12.2 Å². The first-order chi connectivity index (χ1) is 27.9. The van der Waals surface area contributed by atoms with Gasteiger partial charge < -0.3 is 32.7 Å². The molecule has 0 aromatic rings. The normalized spacial score (nSPS) is 16.0. The van der Waals surface area contributed by atoms with E-state index in [0.717, 1.165) is 0 Å². The maximum Gasteiger partial charge on any atom is 0.350 e. The molecule has 0 aliphatic heterocycles. The molecule has 0 aliphatic carbocycles. The van der Waals surface area contributed by atoms with Crippen LogP contribution in [-0.2, 0) is 60.8 Å². The smallest absolute Gasteiger partial charge is 0.350 e. The number of carbonyl (C=O) groups excluding carboxylic acids is 2. The van der Waals surface area contributed by atoms with E-state index in [1.165, 1.54) is 18.9 Å². The van der Waals surface area contributed by atoms with Gasteiger partial charge in [0.05, 0.1) is 45.1 Å². The van der Waals surface area contributed by atoms with Crippen LogP contribution in [0.4, 0.5) is 0 Å². The Morgan fingerprint density at radius 1 is 0.516 bits per heavy atom. The summed E-state index contributed by atoms with van der Waals surface area (Å²) in [4.78, 5) is 53.0. The Morgan fingerprint density at radius 3 is 1.03 bits per heavy atom. The summed E-state index contributed by atoms with van der Waals surface area (Å²) in [5.74, 6) is -4.46. The van der Waals surface area contributed by atoms with Crippen LogP contribution in [0.2, 0.25) is 0 Å². The summed E-state index contributed by atoms with van der Waals surface area (Å²) < 4.78 is 63.6. The second-order valence-corrected chi connectivity index (χ2v) is 25.8. The van der Waals surface area contributed by atoms with Crippen LogP contribution in [0.25, 0.3) is 0 Å². The fraction of sp³-hybridized carbons (Fsp3) is 0.932. The molecule has 0 amide bonds. The van der Waals surface area contributed by atoms with Gasteiger partial charge in [-0.15, -0.1) is 0 Å². The van der Waals surface area contributed by atoms with Gasteiger partial charge in [0.25, 0.3) is 0 Å². The summed E-state index contributed by atoms with van der Waals surface area (Å²) in [6, 6.07) is 0. The molecule has 4 unspecified atom stereocenters. The Labute approximate surface area is 375 Å². The Bertz CT molecular complexity index is 1470. The number of nitrogens with zero attached hydrogens (tertiary/aromatic N) is 2. The molecule has 0 saturated heterocycles. The number of aliphatic carboxylic acids is 1. The van der Waals surface area contributed by atoms with Crippen LogP contribution >= 0.6 is 15.2 Å². The number of esters is 2. The quantitative estimate of drug-likeness (QED) is 0.0354. The lowest BCUT2D eigenvalue weighted by atomic mass is 9.87. The number of carbonyl (C=O) groups is 3. The molecule has 0 aromatic carbocycles. The molecule has 0 spiro atoms. The molecule has 0 fully saturated rings. The lowest BCUT2D eigenvalue weighted by Crippen LogP contribution is -2.56. The molecule has 4 atom stereocenters. The number of hydroxylamine groups is 4. The Balaban J connectivity index is 6.43. The van der Waals surface area contributed by atoms with E-state index < -0.39 is 84.2 Å². The summed E-state index contributed by atoms with van der Waals surface area (Å²) in [6.07, 6.45) is -1.87. The van der Waals surface area contributed by atoms with Gasteiger partial charge in [-0.2, -0.15) is 10.1 Å². The molecule has 0 bridgehead atoms. The second kappa shape index (κ2) is 24.4. The predicted molar refractivity (Wildman–Crippen MR) is 242 cm³/mol. The third-order valence-corrected chi connectivity index (χ3v) is 14.9. The first kappa shape index (κ1) is 60.5. The zero-order chi connectivity index (χ0) is 48.9. The van der Waals surface area contributed by atoms with Gasteiger partial charge in [-0.05, 0) is 119 Å². The molecule has 0 heterocycles. The maximum atomic E-state index is 14.4. The van der Waals surface area contributed by atoms with Crippen LogP contribution in [0.3, 0.4) is 0 Å². The first-order valence-electron chi connectivity index (χ1n) is 22.1. The number of hydrogen-bond donors (Lipinski definition) is 1. The van der Waals surface area contributed by atoms with Gasteiger partial charge in [-0.3, -0.25) is 23.6 Å². The van der Waals surface area contributed by atoms with Crippen molar-refractivity contribution in [3.63, 3.8) is 0 Å². The lowest BCUT2D eigenvalue weighted by molar-refractivity contribution is -0.271. The van der Waals surface area contributed by atoms with E-state index in [2.05, 4.69) is 0 Å². The number of hydrogen-bond acceptors (Lipinski definition) is 15. The SMILES string of the molecule is CCOP(=O)(OCC)C(N(OC(CC(C)(C)C)C(=O)OCCCCOC(=O)C(CC(C)(C)C(=O)O)ON(C(C(C)(C)C)P(=O)(OCC)OCC)C(C)(C)C)C(C)(C)C)C(C)(C)C. The Hall–Kier alpha value is -1.45. The monoisotopic (exact) mass is 931 g/mol. The Kier molecular flexibility index (Phi) is 23.8. The molecule has 0 radical (unpaired) electrons. The highest BCUT2D eigenvalue weighted by Crippen LogP contribution is 2.62. The number of rotatable bonds is 27. The van der Waals surface area contributed by atoms with Crippen molar-refractivity contribution in [2.24, 2.45) is 21.7 Å². The zero-order valence-electron chi connectivity index (χ0n) is 42.4. The van der Waals surface area contributed by atoms with Crippen molar-refractivity contribution in [2.45, 2.75) is 206 Å². The van der Waals surface area contributed by atoms with Crippen LogP contribution in [0.1, 0.15) is 171 Å². The average molecular weight is 931 g/mol. The van der Waals surface area contributed by atoms with E-state index >= 15 is 0 Å². The number of ether oxygens (including phenoxy) is 2. The molecule has 1 N–H and O–H groups in total. The second-order valence-electron chi connectivity index (χ2n) is 21.6. The highest BCUT2D eigenvalue weighted by molar-refractivity contribution is 7.55. The Morgan fingerprint density at radius 2 is 0.806 bits per heavy atom. The largest absolute Gasteiger partial charge is 0.481 e. The van der Waals surface area contributed by atoms with Crippen molar-refractivity contribution >= 4 is 33.1 Å². The third-order valence-electron chi connectivity index (χ3n) is 9.26. The van der Waals surface area contributed by atoms with E-state index in [9.17, 15) is 28.6 Å². The van der Waals surface area contributed by atoms with Crippen molar-refractivity contribution in [3.8, 4) is 0 Å². The molecule has 62 heavy (non-hydrogen) atoms. The minimum absolute atomic E-state index is 0.0177. The van der Waals surface area contributed by atoms with Crippen molar-refractivity contribution in [1.82, 2.24) is 10.1 Å². The summed E-state index contributed by atoms with van der Waals surface area (Å²) in [7, 11) is -7.72. The summed E-state index contributed by atoms with van der Waals surface area (Å²) in [6.45, 7) is 38.7. The average Bonchev–Trinajstić information content (AvgIpc) is 3.05. The van der Waals surface area contributed by atoms with Crippen molar-refractivity contribution in [2.75, 3.05) is 39.6 Å². The molecule has 0 aromatic heterocycles. The number of unbranched alkanes of at least 4 members (excludes halogenated alkanes) is 1. The van der Waals surface area contributed by atoms with Crippen molar-refractivity contribution in [3.05, 3.63) is 0 Å². The summed E-state index contributed by atoms with van der Waals surface area (Å²) >= 11 is 0. The predicted octanol–water partition coefficient (Wildman–Crippen LogP) is 10.9. The highest BCUT2D eigenvalue weighted by atomic mass is 31.2. The van der Waals surface area contributed by atoms with Gasteiger partial charge in [-0.25, -0.2) is 9.59 Å². The van der Waals surface area contributed by atoms with Gasteiger partial charge in [0, 0.05) is 17.5 Å². The summed E-state index contributed by atoms with van der Waals surface area (Å²) in [5, 5.41) is 13.1. The van der Waals surface area contributed by atoms with E-state index in [0.29, 0.717) is 12.8 Å². The van der Waals surface area contributed by atoms with Crippen LogP contribution in [0.15, 0.2) is 0 Å². The molecule has 16 nitrogen and oxygen atoms in total. The molecule has 0 aliphatic rings. The molecule has 18 heteroatoms. The van der Waals surface area contributed by atoms with Gasteiger partial charge in [0.1, 0.15) is 11.6 Å². The maximum absolute atomic E-state index is 14.4. The van der Waals surface area contributed by atoms with Crippen LogP contribution in [-0.4, -0.2) is 108 Å². The standard InChI is InChI=1S/C44H88N2O14P2/c1-22-55-61(51,56-23-2)36(40(8,9)10)45(42(14,15)16)59-32(30-39(5,6)7)34(47)53-28-26-27-29-54-35(48)33(31-44(20,21)38(49)50)60-46(43(17,18)19)37(41(11,12)13)62(52,57-24-3)58-25-4/h32-33,36-37H,22-31H2,1-21H3,(H,49,50). The fourth-order valence-corrected chi connectivity index (χ4v) is 12.0. The van der Waals surface area contributed by atoms with E-state index in [1.807, 2.05) is 104 Å². The van der Waals surface area contributed by atoms with E-state index in [4.69, 9.17) is 37.2 Å². The van der Waals surface area contributed by atoms with E-state index in [1.54, 1.807) is 32.8 Å². The van der Waals surface area contributed by atoms with Crippen LogP contribution in [0, 0.1) is 21.7 Å². The highest BCUT2D eigenvalue weighted by Gasteiger charge is 2.54. The molecule has 368 valence electrons. The fourth-order valence-electron chi connectivity index (χ4n) is 6.60. The summed E-state index contributed by atoms with van der Waals surface area (Å²) in [5.41, 5.74) is -4.86. The number of carboxylic acids is 1. The van der Waals surface area contributed by atoms with Crippen molar-refractivity contribution < 1.29 is 65.9 Å². The van der Waals surface area contributed by atoms with E-state index in [-0.39, 0.29) is 57.9 Å². The third kappa shape index (κ3) is 19.6. The molecular formula is C44H88N2O14P2. The first-order valence-corrected chi connectivity index (χ1v) is 25.4. The molecule has 0 saturated carbocycles. The topological polar surface area (TPSA) is 186 Å².